The summed E-state index contributed by atoms with van der Waals surface area (Å²) in [6.07, 6.45) is 3.68. The number of benzene rings is 3. The van der Waals surface area contributed by atoms with Crippen LogP contribution < -0.4 is 14.8 Å². The van der Waals surface area contributed by atoms with Crippen molar-refractivity contribution in [3.8, 4) is 17.2 Å². The standard InChI is InChI=1S/C26H23ClN2O4/c1-17(30)29-14-13-18-5-3-4-6-22(18)24(29)16-26(31)28-23-15-19(27)7-12-25(23)33-21-10-8-20(32-2)9-11-21/h3-15,24H,16H2,1-2H3,(H,28,31). The first-order chi connectivity index (χ1) is 15.9. The van der Waals surface area contributed by atoms with Gasteiger partial charge in [0.05, 0.1) is 25.3 Å². The zero-order valence-corrected chi connectivity index (χ0v) is 19.0. The number of methoxy groups -OCH3 is 1. The third-order valence-corrected chi connectivity index (χ3v) is 5.59. The molecule has 1 aliphatic heterocycles. The van der Waals surface area contributed by atoms with Crippen LogP contribution >= 0.6 is 11.6 Å². The average molecular weight is 463 g/mol. The van der Waals surface area contributed by atoms with Gasteiger partial charge in [-0.25, -0.2) is 0 Å². The van der Waals surface area contributed by atoms with Crippen LogP contribution in [0.25, 0.3) is 6.08 Å². The van der Waals surface area contributed by atoms with E-state index >= 15 is 0 Å². The van der Waals surface area contributed by atoms with Gasteiger partial charge in [0.1, 0.15) is 11.5 Å². The molecule has 1 heterocycles. The molecule has 0 bridgehead atoms. The summed E-state index contributed by atoms with van der Waals surface area (Å²) < 4.78 is 11.1. The zero-order valence-electron chi connectivity index (χ0n) is 18.2. The van der Waals surface area contributed by atoms with Gasteiger partial charge in [-0.2, -0.15) is 0 Å². The van der Waals surface area contributed by atoms with E-state index in [0.717, 1.165) is 11.1 Å². The minimum atomic E-state index is -0.408. The van der Waals surface area contributed by atoms with Crippen LogP contribution in [0.3, 0.4) is 0 Å². The predicted octanol–water partition coefficient (Wildman–Crippen LogP) is 6.04. The molecule has 33 heavy (non-hydrogen) atoms. The third kappa shape index (κ3) is 5.18. The van der Waals surface area contributed by atoms with E-state index in [1.165, 1.54) is 6.92 Å². The number of hydrogen-bond acceptors (Lipinski definition) is 4. The Balaban J connectivity index is 1.55. The van der Waals surface area contributed by atoms with Gasteiger partial charge in [-0.3, -0.25) is 9.59 Å². The van der Waals surface area contributed by atoms with E-state index in [0.29, 0.717) is 28.0 Å². The van der Waals surface area contributed by atoms with E-state index in [2.05, 4.69) is 5.32 Å². The van der Waals surface area contributed by atoms with Crippen LogP contribution in [-0.2, 0) is 9.59 Å². The van der Waals surface area contributed by atoms with Gasteiger partial charge >= 0.3 is 0 Å². The fourth-order valence-electron chi connectivity index (χ4n) is 3.75. The second-order valence-corrected chi connectivity index (χ2v) is 7.99. The van der Waals surface area contributed by atoms with Crippen molar-refractivity contribution in [2.24, 2.45) is 0 Å². The molecule has 4 rings (SSSR count). The number of amides is 2. The van der Waals surface area contributed by atoms with Gasteiger partial charge < -0.3 is 19.7 Å². The van der Waals surface area contributed by atoms with Gasteiger partial charge in [-0.05, 0) is 59.7 Å². The number of carbonyl (C=O) groups is 2. The van der Waals surface area contributed by atoms with Crippen LogP contribution in [0.15, 0.2) is 72.9 Å². The summed E-state index contributed by atoms with van der Waals surface area (Å²) in [7, 11) is 1.59. The van der Waals surface area contributed by atoms with E-state index < -0.39 is 6.04 Å². The van der Waals surface area contributed by atoms with Crippen molar-refractivity contribution in [3.63, 3.8) is 0 Å². The number of carbonyl (C=O) groups excluding carboxylic acids is 2. The Morgan fingerprint density at radius 3 is 2.48 bits per heavy atom. The molecular formula is C26H23ClN2O4. The Labute approximate surface area is 197 Å². The molecule has 1 atom stereocenters. The van der Waals surface area contributed by atoms with Crippen molar-refractivity contribution >= 4 is 35.2 Å². The Bertz CT molecular complexity index is 1210. The van der Waals surface area contributed by atoms with E-state index in [1.54, 1.807) is 60.7 Å². The van der Waals surface area contributed by atoms with E-state index in [1.807, 2.05) is 30.3 Å². The molecule has 2 amide bonds. The van der Waals surface area contributed by atoms with Crippen LogP contribution in [0.1, 0.15) is 30.5 Å². The van der Waals surface area contributed by atoms with Crippen molar-refractivity contribution in [1.29, 1.82) is 0 Å². The monoisotopic (exact) mass is 462 g/mol. The lowest BCUT2D eigenvalue weighted by Crippen LogP contribution is -2.33. The van der Waals surface area contributed by atoms with Crippen LogP contribution in [0.2, 0.25) is 5.02 Å². The smallest absolute Gasteiger partial charge is 0.226 e. The second kappa shape index (κ2) is 9.79. The Morgan fingerprint density at radius 1 is 1.03 bits per heavy atom. The second-order valence-electron chi connectivity index (χ2n) is 7.56. The van der Waals surface area contributed by atoms with Gasteiger partial charge in [-0.15, -0.1) is 0 Å². The molecule has 1 N–H and O–H groups in total. The first-order valence-electron chi connectivity index (χ1n) is 10.4. The lowest BCUT2D eigenvalue weighted by molar-refractivity contribution is -0.129. The van der Waals surface area contributed by atoms with Crippen LogP contribution in [0.4, 0.5) is 5.69 Å². The molecule has 168 valence electrons. The Kier molecular flexibility index (Phi) is 6.66. The Morgan fingerprint density at radius 2 is 1.76 bits per heavy atom. The summed E-state index contributed by atoms with van der Waals surface area (Å²) >= 11 is 6.18. The largest absolute Gasteiger partial charge is 0.497 e. The molecule has 0 aliphatic carbocycles. The molecule has 0 radical (unpaired) electrons. The van der Waals surface area contributed by atoms with Crippen molar-refractivity contribution in [2.75, 3.05) is 12.4 Å². The van der Waals surface area contributed by atoms with Crippen LogP contribution in [0.5, 0.6) is 17.2 Å². The Hall–Kier alpha value is -3.77. The number of halogens is 1. The summed E-state index contributed by atoms with van der Waals surface area (Å²) in [6.45, 7) is 1.49. The highest BCUT2D eigenvalue weighted by Gasteiger charge is 2.28. The zero-order chi connectivity index (χ0) is 23.4. The maximum absolute atomic E-state index is 13.1. The maximum Gasteiger partial charge on any atom is 0.226 e. The molecule has 1 aliphatic rings. The highest BCUT2D eigenvalue weighted by Crippen LogP contribution is 2.35. The number of anilines is 1. The molecule has 3 aromatic rings. The third-order valence-electron chi connectivity index (χ3n) is 5.35. The predicted molar refractivity (Wildman–Crippen MR) is 129 cm³/mol. The summed E-state index contributed by atoms with van der Waals surface area (Å²) in [5.74, 6) is 1.35. The molecular weight excluding hydrogens is 440 g/mol. The molecule has 0 aromatic heterocycles. The topological polar surface area (TPSA) is 67.9 Å². The van der Waals surface area contributed by atoms with Crippen molar-refractivity contribution in [2.45, 2.75) is 19.4 Å². The van der Waals surface area contributed by atoms with Gasteiger partial charge in [-0.1, -0.05) is 35.9 Å². The van der Waals surface area contributed by atoms with Crippen LogP contribution in [-0.4, -0.2) is 23.8 Å². The number of rotatable bonds is 6. The quantitative estimate of drug-likeness (QED) is 0.484. The fraction of sp³-hybridized carbons (Fsp3) is 0.154. The van der Waals surface area contributed by atoms with Gasteiger partial charge in [0.2, 0.25) is 11.8 Å². The molecule has 7 heteroatoms. The van der Waals surface area contributed by atoms with E-state index in [9.17, 15) is 9.59 Å². The highest BCUT2D eigenvalue weighted by molar-refractivity contribution is 6.31. The number of nitrogens with zero attached hydrogens (tertiary/aromatic N) is 1. The number of hydrogen-bond donors (Lipinski definition) is 1. The van der Waals surface area contributed by atoms with Crippen molar-refractivity contribution in [3.05, 3.63) is 89.1 Å². The van der Waals surface area contributed by atoms with Gasteiger partial charge in [0.15, 0.2) is 5.75 Å². The number of fused-ring (bicyclic) bond motifs is 1. The van der Waals surface area contributed by atoms with E-state index in [-0.39, 0.29) is 18.2 Å². The summed E-state index contributed by atoms with van der Waals surface area (Å²) in [5, 5.41) is 3.36. The van der Waals surface area contributed by atoms with Gasteiger partial charge in [0.25, 0.3) is 0 Å². The maximum atomic E-state index is 13.1. The first kappa shape index (κ1) is 22.4. The molecule has 6 nitrogen and oxygen atoms in total. The summed E-state index contributed by atoms with van der Waals surface area (Å²) in [4.78, 5) is 26.9. The minimum Gasteiger partial charge on any atom is -0.497 e. The summed E-state index contributed by atoms with van der Waals surface area (Å²) in [6, 6.07) is 19.5. The van der Waals surface area contributed by atoms with Crippen LogP contribution in [0, 0.1) is 0 Å². The fourth-order valence-corrected chi connectivity index (χ4v) is 3.92. The van der Waals surface area contributed by atoms with E-state index in [4.69, 9.17) is 21.1 Å². The lowest BCUT2D eigenvalue weighted by Gasteiger charge is -2.32. The lowest BCUT2D eigenvalue weighted by atomic mass is 9.93. The van der Waals surface area contributed by atoms with Gasteiger partial charge in [0, 0.05) is 18.1 Å². The minimum absolute atomic E-state index is 0.0788. The average Bonchev–Trinajstić information content (AvgIpc) is 2.81. The molecule has 0 spiro atoms. The first-order valence-corrected chi connectivity index (χ1v) is 10.8. The van der Waals surface area contributed by atoms with Crippen molar-refractivity contribution in [1.82, 2.24) is 4.90 Å². The molecule has 0 saturated carbocycles. The number of nitrogens with one attached hydrogen (secondary N) is 1. The van der Waals surface area contributed by atoms with Crippen molar-refractivity contribution < 1.29 is 19.1 Å². The summed E-state index contributed by atoms with van der Waals surface area (Å²) in [5.41, 5.74) is 2.35. The molecule has 0 fully saturated rings. The molecule has 0 saturated heterocycles. The molecule has 3 aromatic carbocycles. The SMILES string of the molecule is COc1ccc(Oc2ccc(Cl)cc2NC(=O)CC2c3ccccc3C=CN2C(C)=O)cc1. The molecule has 1 unspecified atom stereocenters. The number of ether oxygens (including phenoxy) is 2. The highest BCUT2D eigenvalue weighted by atomic mass is 35.5. The normalized spacial score (nSPS) is 14.4.